The molecule has 0 radical (unpaired) electrons. The minimum atomic E-state index is -3.54. The van der Waals surface area contributed by atoms with E-state index in [0.717, 1.165) is 17.9 Å². The Balaban J connectivity index is 1.79. The van der Waals surface area contributed by atoms with Crippen molar-refractivity contribution in [3.05, 3.63) is 82.2 Å². The molecular formula is C25H20FNO5S. The number of fused-ring (bicyclic) bond motifs is 1. The first kappa shape index (κ1) is 22.5. The second-order valence-electron chi connectivity index (χ2n) is 7.84. The number of rotatable bonds is 5. The second kappa shape index (κ2) is 8.68. The number of ketones is 1. The molecule has 0 unspecified atom stereocenters. The van der Waals surface area contributed by atoms with Gasteiger partial charge in [0.2, 0.25) is 0 Å². The molecule has 3 aromatic rings. The topological polar surface area (TPSA) is 93.5 Å². The summed E-state index contributed by atoms with van der Waals surface area (Å²) in [6.45, 7) is 1.79. The van der Waals surface area contributed by atoms with Gasteiger partial charge in [0, 0.05) is 24.7 Å². The van der Waals surface area contributed by atoms with Gasteiger partial charge >= 0.3 is 0 Å². The zero-order chi connectivity index (χ0) is 23.8. The average molecular weight is 466 g/mol. The van der Waals surface area contributed by atoms with Crippen LogP contribution >= 0.6 is 0 Å². The van der Waals surface area contributed by atoms with Crippen LogP contribution in [-0.4, -0.2) is 27.1 Å². The maximum absolute atomic E-state index is 15.0. The van der Waals surface area contributed by atoms with E-state index in [9.17, 15) is 17.6 Å². The molecule has 33 heavy (non-hydrogen) atoms. The fraction of sp³-hybridized carbons (Fsp3) is 0.200. The fourth-order valence-corrected chi connectivity index (χ4v) is 4.31. The van der Waals surface area contributed by atoms with Crippen molar-refractivity contribution < 1.29 is 27.1 Å². The summed E-state index contributed by atoms with van der Waals surface area (Å²) in [6.07, 6.45) is 1.62. The molecule has 1 aliphatic heterocycles. The number of carbonyl (C=O) groups is 1. The van der Waals surface area contributed by atoms with Crippen LogP contribution in [0.25, 0.3) is 0 Å². The third kappa shape index (κ3) is 4.59. The summed E-state index contributed by atoms with van der Waals surface area (Å²) in [5, 5.41) is 8.99. The number of hydrogen-bond acceptors (Lipinski definition) is 6. The minimum Gasteiger partial charge on any atom is -0.492 e. The van der Waals surface area contributed by atoms with Crippen molar-refractivity contribution in [1.29, 1.82) is 5.26 Å². The van der Waals surface area contributed by atoms with Crippen LogP contribution in [0.3, 0.4) is 0 Å². The Morgan fingerprint density at radius 1 is 1.15 bits per heavy atom. The standard InChI is InChI=1S/C25H20FNO5S/c1-15-24-20(22(28)9-10-31-24)13-21(26)25(15)32-23-12-19(33(2,29)30)8-7-18(23)11-16-3-5-17(14-27)6-4-16/h3-8,12-13H,9-11H2,1-2H3. The van der Waals surface area contributed by atoms with Gasteiger partial charge in [-0.2, -0.15) is 5.26 Å². The van der Waals surface area contributed by atoms with Crippen LogP contribution in [0.4, 0.5) is 4.39 Å². The smallest absolute Gasteiger partial charge is 0.175 e. The van der Waals surface area contributed by atoms with Crippen molar-refractivity contribution in [3.8, 4) is 23.3 Å². The SMILES string of the molecule is Cc1c(Oc2cc(S(C)(=O)=O)ccc2Cc2ccc(C#N)cc2)c(F)cc2c1OCCC2=O. The number of Topliss-reactive ketones (excluding diaryl/α,β-unsaturated/α-hetero) is 1. The van der Waals surface area contributed by atoms with Crippen LogP contribution in [0.2, 0.25) is 0 Å². The molecule has 168 valence electrons. The molecule has 1 aliphatic rings. The number of nitrogens with zero attached hydrogens (tertiary/aromatic N) is 1. The normalized spacial score (nSPS) is 13.1. The molecule has 1 heterocycles. The first-order valence-electron chi connectivity index (χ1n) is 10.2. The zero-order valence-corrected chi connectivity index (χ0v) is 18.8. The number of sulfone groups is 1. The largest absolute Gasteiger partial charge is 0.492 e. The Morgan fingerprint density at radius 3 is 2.55 bits per heavy atom. The van der Waals surface area contributed by atoms with E-state index >= 15 is 0 Å². The predicted octanol–water partition coefficient (Wildman–Crippen LogP) is 4.76. The third-order valence-electron chi connectivity index (χ3n) is 5.45. The van der Waals surface area contributed by atoms with Crippen LogP contribution in [0.5, 0.6) is 17.2 Å². The molecular weight excluding hydrogens is 445 g/mol. The molecule has 0 amide bonds. The van der Waals surface area contributed by atoms with E-state index in [4.69, 9.17) is 14.7 Å². The van der Waals surface area contributed by atoms with E-state index < -0.39 is 15.7 Å². The summed E-state index contributed by atoms with van der Waals surface area (Å²) < 4.78 is 50.8. The second-order valence-corrected chi connectivity index (χ2v) is 9.86. The van der Waals surface area contributed by atoms with E-state index in [-0.39, 0.29) is 46.5 Å². The van der Waals surface area contributed by atoms with E-state index in [1.54, 1.807) is 37.3 Å². The van der Waals surface area contributed by atoms with Crippen molar-refractivity contribution >= 4 is 15.6 Å². The highest BCUT2D eigenvalue weighted by Gasteiger charge is 2.26. The molecule has 3 aromatic carbocycles. The molecule has 4 rings (SSSR count). The summed E-state index contributed by atoms with van der Waals surface area (Å²) in [5.41, 5.74) is 2.51. The number of benzene rings is 3. The molecule has 0 fully saturated rings. The first-order valence-corrected chi connectivity index (χ1v) is 12.1. The number of nitriles is 1. The van der Waals surface area contributed by atoms with Crippen molar-refractivity contribution in [1.82, 2.24) is 0 Å². The molecule has 0 N–H and O–H groups in total. The Kier molecular flexibility index (Phi) is 5.91. The summed E-state index contributed by atoms with van der Waals surface area (Å²) in [4.78, 5) is 12.2. The summed E-state index contributed by atoms with van der Waals surface area (Å²) in [5.74, 6) is -0.623. The van der Waals surface area contributed by atoms with Gasteiger partial charge in [0.05, 0.1) is 28.7 Å². The summed E-state index contributed by atoms with van der Waals surface area (Å²) >= 11 is 0. The van der Waals surface area contributed by atoms with E-state index in [1.165, 1.54) is 12.1 Å². The maximum Gasteiger partial charge on any atom is 0.175 e. The average Bonchev–Trinajstić information content (AvgIpc) is 2.78. The predicted molar refractivity (Wildman–Crippen MR) is 119 cm³/mol. The van der Waals surface area contributed by atoms with Crippen LogP contribution in [0.15, 0.2) is 53.4 Å². The lowest BCUT2D eigenvalue weighted by atomic mass is 10.0. The molecule has 0 aliphatic carbocycles. The Hall–Kier alpha value is -3.70. The fourth-order valence-electron chi connectivity index (χ4n) is 3.67. The number of halogens is 1. The highest BCUT2D eigenvalue weighted by Crippen LogP contribution is 2.40. The molecule has 8 heteroatoms. The van der Waals surface area contributed by atoms with Gasteiger partial charge in [-0.15, -0.1) is 0 Å². The number of ether oxygens (including phenoxy) is 2. The Bertz CT molecular complexity index is 1410. The van der Waals surface area contributed by atoms with Gasteiger partial charge in [0.1, 0.15) is 11.5 Å². The van der Waals surface area contributed by atoms with E-state index in [0.29, 0.717) is 23.1 Å². The van der Waals surface area contributed by atoms with Crippen molar-refractivity contribution in [2.75, 3.05) is 12.9 Å². The van der Waals surface area contributed by atoms with Gasteiger partial charge in [0.15, 0.2) is 27.2 Å². The molecule has 0 spiro atoms. The lowest BCUT2D eigenvalue weighted by molar-refractivity contribution is 0.0931. The van der Waals surface area contributed by atoms with Crippen LogP contribution < -0.4 is 9.47 Å². The van der Waals surface area contributed by atoms with Gasteiger partial charge in [-0.3, -0.25) is 4.79 Å². The monoisotopic (exact) mass is 465 g/mol. The molecule has 0 bridgehead atoms. The maximum atomic E-state index is 15.0. The highest BCUT2D eigenvalue weighted by atomic mass is 32.2. The molecule has 0 atom stereocenters. The molecule has 0 aromatic heterocycles. The zero-order valence-electron chi connectivity index (χ0n) is 18.0. The molecule has 6 nitrogen and oxygen atoms in total. The number of carbonyl (C=O) groups excluding carboxylic acids is 1. The lowest BCUT2D eigenvalue weighted by Crippen LogP contribution is -2.17. The quantitative estimate of drug-likeness (QED) is 0.539. The number of hydrogen-bond donors (Lipinski definition) is 0. The summed E-state index contributed by atoms with van der Waals surface area (Å²) in [7, 11) is -3.54. The van der Waals surface area contributed by atoms with Gasteiger partial charge < -0.3 is 9.47 Å². The Morgan fingerprint density at radius 2 is 1.88 bits per heavy atom. The summed E-state index contributed by atoms with van der Waals surface area (Å²) in [6, 6.07) is 14.5. The van der Waals surface area contributed by atoms with E-state index in [2.05, 4.69) is 6.07 Å². The third-order valence-corrected chi connectivity index (χ3v) is 6.56. The van der Waals surface area contributed by atoms with Gasteiger partial charge in [0.25, 0.3) is 0 Å². The molecule has 0 saturated heterocycles. The van der Waals surface area contributed by atoms with Gasteiger partial charge in [-0.1, -0.05) is 18.2 Å². The van der Waals surface area contributed by atoms with Crippen LogP contribution in [0.1, 0.15) is 39.0 Å². The Labute approximate surface area is 191 Å². The molecule has 0 saturated carbocycles. The minimum absolute atomic E-state index is 0.0310. The first-order chi connectivity index (χ1) is 15.7. The van der Waals surface area contributed by atoms with Crippen molar-refractivity contribution in [2.24, 2.45) is 0 Å². The van der Waals surface area contributed by atoms with E-state index in [1.807, 2.05) is 0 Å². The highest BCUT2D eigenvalue weighted by molar-refractivity contribution is 7.90. The van der Waals surface area contributed by atoms with Crippen molar-refractivity contribution in [3.63, 3.8) is 0 Å². The van der Waals surface area contributed by atoms with Gasteiger partial charge in [-0.05, 0) is 48.4 Å². The van der Waals surface area contributed by atoms with Crippen LogP contribution in [0, 0.1) is 24.1 Å². The van der Waals surface area contributed by atoms with Gasteiger partial charge in [-0.25, -0.2) is 12.8 Å². The van der Waals surface area contributed by atoms with Crippen molar-refractivity contribution in [2.45, 2.75) is 24.7 Å². The van der Waals surface area contributed by atoms with Crippen LogP contribution in [-0.2, 0) is 16.3 Å². The lowest BCUT2D eigenvalue weighted by Gasteiger charge is -2.22.